The van der Waals surface area contributed by atoms with E-state index in [-0.39, 0.29) is 11.4 Å². The van der Waals surface area contributed by atoms with Crippen LogP contribution in [0.4, 0.5) is 0 Å². The van der Waals surface area contributed by atoms with Crippen LogP contribution in [0.1, 0.15) is 32.8 Å². The molecule has 1 aromatic carbocycles. The Morgan fingerprint density at radius 3 is 2.65 bits per heavy atom. The Labute approximate surface area is 128 Å². The molecule has 0 fully saturated rings. The van der Waals surface area contributed by atoms with Crippen molar-refractivity contribution < 1.29 is 9.63 Å². The summed E-state index contributed by atoms with van der Waals surface area (Å²) in [5.41, 5.74) is 1.20. The number of halogens is 2. The number of nitrogens with one attached hydrogen (secondary N) is 1. The number of rotatable bonds is 2. The van der Waals surface area contributed by atoms with Crippen LogP contribution in [-0.4, -0.2) is 23.3 Å². The summed E-state index contributed by atoms with van der Waals surface area (Å²) in [6.07, 6.45) is -0.182. The molecule has 0 aliphatic carbocycles. The van der Waals surface area contributed by atoms with E-state index in [0.29, 0.717) is 22.2 Å². The second-order valence-corrected chi connectivity index (χ2v) is 6.52. The first kappa shape index (κ1) is 15.1. The third-order valence-electron chi connectivity index (χ3n) is 2.71. The Morgan fingerprint density at radius 1 is 1.35 bits per heavy atom. The van der Waals surface area contributed by atoms with Crippen molar-refractivity contribution in [3.8, 4) is 0 Å². The SMILES string of the molecule is CC(C)(C)NC(=O)C1CC(c2ccc(Cl)c(Cl)c2)=NO1. The number of oxime groups is 1. The van der Waals surface area contributed by atoms with Gasteiger partial charge in [0.05, 0.1) is 15.8 Å². The molecule has 1 aliphatic rings. The molecule has 1 aromatic rings. The van der Waals surface area contributed by atoms with Gasteiger partial charge in [0.1, 0.15) is 0 Å². The minimum Gasteiger partial charge on any atom is -0.382 e. The molecule has 0 radical (unpaired) electrons. The van der Waals surface area contributed by atoms with Crippen molar-refractivity contribution in [2.24, 2.45) is 5.16 Å². The van der Waals surface area contributed by atoms with Gasteiger partial charge in [-0.05, 0) is 32.9 Å². The van der Waals surface area contributed by atoms with Gasteiger partial charge in [0, 0.05) is 17.5 Å². The molecule has 108 valence electrons. The zero-order valence-corrected chi connectivity index (χ0v) is 13.0. The maximum atomic E-state index is 12.0. The monoisotopic (exact) mass is 314 g/mol. The minimum atomic E-state index is -0.598. The normalized spacial score (nSPS) is 18.4. The van der Waals surface area contributed by atoms with Crippen LogP contribution in [0.5, 0.6) is 0 Å². The molecule has 6 heteroatoms. The van der Waals surface area contributed by atoms with E-state index < -0.39 is 6.10 Å². The lowest BCUT2D eigenvalue weighted by Crippen LogP contribution is -2.45. The fourth-order valence-corrected chi connectivity index (χ4v) is 2.11. The lowest BCUT2D eigenvalue weighted by Gasteiger charge is -2.22. The zero-order valence-electron chi connectivity index (χ0n) is 11.5. The number of amides is 1. The molecule has 0 saturated carbocycles. The van der Waals surface area contributed by atoms with E-state index in [9.17, 15) is 4.79 Å². The highest BCUT2D eigenvalue weighted by Crippen LogP contribution is 2.25. The molecule has 1 heterocycles. The Balaban J connectivity index is 2.04. The average molecular weight is 315 g/mol. The van der Waals surface area contributed by atoms with Crippen molar-refractivity contribution in [3.05, 3.63) is 33.8 Å². The second kappa shape index (κ2) is 5.62. The first-order valence-electron chi connectivity index (χ1n) is 6.26. The highest BCUT2D eigenvalue weighted by Gasteiger charge is 2.31. The van der Waals surface area contributed by atoms with Crippen LogP contribution in [0, 0.1) is 0 Å². The van der Waals surface area contributed by atoms with Gasteiger partial charge in [-0.1, -0.05) is 34.4 Å². The van der Waals surface area contributed by atoms with Crippen LogP contribution < -0.4 is 5.32 Å². The fourth-order valence-electron chi connectivity index (χ4n) is 1.81. The first-order chi connectivity index (χ1) is 9.26. The molecule has 4 nitrogen and oxygen atoms in total. The van der Waals surface area contributed by atoms with Gasteiger partial charge in [-0.3, -0.25) is 4.79 Å². The number of hydrogen-bond acceptors (Lipinski definition) is 3. The van der Waals surface area contributed by atoms with Crippen LogP contribution >= 0.6 is 23.2 Å². The summed E-state index contributed by atoms with van der Waals surface area (Å²) in [7, 11) is 0. The molecule has 1 atom stereocenters. The highest BCUT2D eigenvalue weighted by atomic mass is 35.5. The van der Waals surface area contributed by atoms with Crippen molar-refractivity contribution in [3.63, 3.8) is 0 Å². The van der Waals surface area contributed by atoms with E-state index in [1.807, 2.05) is 20.8 Å². The number of hydrogen-bond donors (Lipinski definition) is 1. The molecule has 1 N–H and O–H groups in total. The van der Waals surface area contributed by atoms with Crippen molar-refractivity contribution in [1.82, 2.24) is 5.32 Å². The number of nitrogens with zero attached hydrogens (tertiary/aromatic N) is 1. The number of carbonyl (C=O) groups is 1. The summed E-state index contributed by atoms with van der Waals surface area (Å²) in [6, 6.07) is 5.22. The maximum Gasteiger partial charge on any atom is 0.264 e. The van der Waals surface area contributed by atoms with Gasteiger partial charge in [0.25, 0.3) is 5.91 Å². The largest absolute Gasteiger partial charge is 0.382 e. The number of carbonyl (C=O) groups excluding carboxylic acids is 1. The molecule has 0 spiro atoms. The van der Waals surface area contributed by atoms with E-state index in [1.165, 1.54) is 0 Å². The van der Waals surface area contributed by atoms with Crippen molar-refractivity contribution >= 4 is 34.8 Å². The van der Waals surface area contributed by atoms with Crippen LogP contribution in [0.2, 0.25) is 10.0 Å². The molecule has 20 heavy (non-hydrogen) atoms. The van der Waals surface area contributed by atoms with Crippen molar-refractivity contribution in [2.45, 2.75) is 38.8 Å². The summed E-state index contributed by atoms with van der Waals surface area (Å²) < 4.78 is 0. The van der Waals surface area contributed by atoms with Gasteiger partial charge in [-0.25, -0.2) is 0 Å². The summed E-state index contributed by atoms with van der Waals surface area (Å²) in [5.74, 6) is -0.170. The third kappa shape index (κ3) is 3.64. The predicted molar refractivity (Wildman–Crippen MR) is 80.4 cm³/mol. The van der Waals surface area contributed by atoms with Crippen molar-refractivity contribution in [2.75, 3.05) is 0 Å². The summed E-state index contributed by atoms with van der Waals surface area (Å²) >= 11 is 11.8. The lowest BCUT2D eigenvalue weighted by molar-refractivity contribution is -0.132. The third-order valence-corrected chi connectivity index (χ3v) is 3.45. The molecule has 1 aliphatic heterocycles. The molecule has 2 rings (SSSR count). The Kier molecular flexibility index (Phi) is 4.25. The van der Waals surface area contributed by atoms with E-state index in [2.05, 4.69) is 10.5 Å². The zero-order chi connectivity index (χ0) is 14.9. The molecule has 1 unspecified atom stereocenters. The molecule has 1 amide bonds. The molecule has 0 saturated heterocycles. The van der Waals surface area contributed by atoms with Gasteiger partial charge in [-0.15, -0.1) is 0 Å². The Bertz CT molecular complexity index is 565. The fraction of sp³-hybridized carbons (Fsp3) is 0.429. The van der Waals surface area contributed by atoms with Gasteiger partial charge in [0.15, 0.2) is 0 Å². The summed E-state index contributed by atoms with van der Waals surface area (Å²) in [5, 5.41) is 7.77. The van der Waals surface area contributed by atoms with Crippen LogP contribution in [0.3, 0.4) is 0 Å². The average Bonchev–Trinajstić information content (AvgIpc) is 2.80. The predicted octanol–water partition coefficient (Wildman–Crippen LogP) is 3.40. The van der Waals surface area contributed by atoms with Crippen LogP contribution in [0.25, 0.3) is 0 Å². The molecule has 0 aromatic heterocycles. The standard InChI is InChI=1S/C14H16Cl2N2O2/c1-14(2,3)17-13(19)12-7-11(18-20-12)8-4-5-9(15)10(16)6-8/h4-6,12H,7H2,1-3H3,(H,17,19). The van der Waals surface area contributed by atoms with Crippen LogP contribution in [0.15, 0.2) is 23.4 Å². The summed E-state index contributed by atoms with van der Waals surface area (Å²) in [4.78, 5) is 17.2. The highest BCUT2D eigenvalue weighted by molar-refractivity contribution is 6.42. The van der Waals surface area contributed by atoms with Gasteiger partial charge < -0.3 is 10.2 Å². The molecular formula is C14H16Cl2N2O2. The Hall–Kier alpha value is -1.26. The van der Waals surface area contributed by atoms with E-state index in [1.54, 1.807) is 18.2 Å². The molecular weight excluding hydrogens is 299 g/mol. The van der Waals surface area contributed by atoms with Gasteiger partial charge in [-0.2, -0.15) is 0 Å². The smallest absolute Gasteiger partial charge is 0.264 e. The van der Waals surface area contributed by atoms with Crippen LogP contribution in [-0.2, 0) is 9.63 Å². The van der Waals surface area contributed by atoms with E-state index in [4.69, 9.17) is 28.0 Å². The quantitative estimate of drug-likeness (QED) is 0.909. The first-order valence-corrected chi connectivity index (χ1v) is 7.02. The van der Waals surface area contributed by atoms with Gasteiger partial charge >= 0.3 is 0 Å². The second-order valence-electron chi connectivity index (χ2n) is 5.70. The maximum absolute atomic E-state index is 12.0. The topological polar surface area (TPSA) is 50.7 Å². The lowest BCUT2D eigenvalue weighted by atomic mass is 10.0. The molecule has 0 bridgehead atoms. The van der Waals surface area contributed by atoms with E-state index in [0.717, 1.165) is 5.56 Å². The van der Waals surface area contributed by atoms with Gasteiger partial charge in [0.2, 0.25) is 6.10 Å². The van der Waals surface area contributed by atoms with Crippen molar-refractivity contribution in [1.29, 1.82) is 0 Å². The summed E-state index contributed by atoms with van der Waals surface area (Å²) in [6.45, 7) is 5.75. The van der Waals surface area contributed by atoms with E-state index >= 15 is 0 Å². The minimum absolute atomic E-state index is 0.170. The number of benzene rings is 1. The Morgan fingerprint density at radius 2 is 2.05 bits per heavy atom.